The number of nitrogens with one attached hydrogen (secondary N) is 2. The molecule has 36 heavy (non-hydrogen) atoms. The number of amides is 1. The van der Waals surface area contributed by atoms with Crippen LogP contribution in [-0.2, 0) is 12.6 Å². The number of carbonyl (C=O) groups is 1. The normalized spacial score (nSPS) is 10.9. The van der Waals surface area contributed by atoms with Crippen LogP contribution in [0.3, 0.4) is 0 Å². The molecule has 4 aromatic rings. The number of aromatic amines is 1. The number of aromatic nitrogens is 5. The van der Waals surface area contributed by atoms with Gasteiger partial charge in [0.1, 0.15) is 5.82 Å². The summed E-state index contributed by atoms with van der Waals surface area (Å²) in [5, 5.41) is 16.7. The number of nitrogen functional groups attached to an aromatic ring is 1. The lowest BCUT2D eigenvalue weighted by Crippen LogP contribution is -2.12. The van der Waals surface area contributed by atoms with Crippen molar-refractivity contribution >= 4 is 23.4 Å². The molecule has 0 radical (unpaired) electrons. The van der Waals surface area contributed by atoms with Gasteiger partial charge < -0.3 is 21.9 Å². The van der Waals surface area contributed by atoms with Crippen LogP contribution in [0.5, 0.6) is 0 Å². The van der Waals surface area contributed by atoms with Crippen LogP contribution in [0.15, 0.2) is 54.7 Å². The fourth-order valence-electron chi connectivity index (χ4n) is 3.06. The van der Waals surface area contributed by atoms with Crippen LogP contribution < -0.4 is 16.8 Å². The monoisotopic (exact) mass is 500 g/mol. The van der Waals surface area contributed by atoms with Gasteiger partial charge in [0, 0.05) is 24.1 Å². The minimum Gasteiger partial charge on any atom is -0.396 e. The number of halogens is 3. The molecule has 7 N–H and O–H groups in total. The van der Waals surface area contributed by atoms with Crippen LogP contribution in [0.1, 0.15) is 27.3 Å². The van der Waals surface area contributed by atoms with E-state index in [4.69, 9.17) is 16.6 Å². The summed E-state index contributed by atoms with van der Waals surface area (Å²) < 4.78 is 37.8. The van der Waals surface area contributed by atoms with Crippen LogP contribution in [0.2, 0.25) is 0 Å². The molecule has 0 unspecified atom stereocenters. The van der Waals surface area contributed by atoms with Crippen molar-refractivity contribution in [2.75, 3.05) is 17.7 Å². The first kappa shape index (κ1) is 26.1. The fourth-order valence-corrected chi connectivity index (χ4v) is 3.06. The van der Waals surface area contributed by atoms with Gasteiger partial charge in [0.15, 0.2) is 5.82 Å². The van der Waals surface area contributed by atoms with E-state index in [2.05, 4.69) is 25.4 Å². The van der Waals surface area contributed by atoms with Crippen molar-refractivity contribution in [3.63, 3.8) is 0 Å². The van der Waals surface area contributed by atoms with Crippen molar-refractivity contribution < 1.29 is 23.1 Å². The van der Waals surface area contributed by atoms with Gasteiger partial charge in [-0.25, -0.2) is 9.97 Å². The lowest BCUT2D eigenvalue weighted by atomic mass is 10.1. The first-order chi connectivity index (χ1) is 17.1. The fraction of sp³-hybridized carbons (Fsp3) is 0.174. The van der Waals surface area contributed by atoms with Crippen molar-refractivity contribution in [1.82, 2.24) is 25.1 Å². The molecule has 0 saturated carbocycles. The van der Waals surface area contributed by atoms with E-state index in [9.17, 15) is 18.0 Å². The highest BCUT2D eigenvalue weighted by molar-refractivity contribution is 5.94. The zero-order valence-electron chi connectivity index (χ0n) is 19.0. The number of nitrogens with zero attached hydrogens (tertiary/aromatic N) is 4. The highest BCUT2D eigenvalue weighted by Gasteiger charge is 2.35. The third-order valence-corrected chi connectivity index (χ3v) is 4.80. The Morgan fingerprint density at radius 1 is 1.14 bits per heavy atom. The van der Waals surface area contributed by atoms with E-state index in [0.717, 1.165) is 6.42 Å². The van der Waals surface area contributed by atoms with E-state index in [1.807, 2.05) is 30.3 Å². The second kappa shape index (κ2) is 11.3. The molecule has 0 bridgehead atoms. The number of rotatable bonds is 6. The summed E-state index contributed by atoms with van der Waals surface area (Å²) in [6, 6.07) is 14.8. The molecular weight excluding hydrogens is 477 g/mol. The smallest absolute Gasteiger partial charge is 0.396 e. The molecule has 0 fully saturated rings. The predicted molar refractivity (Wildman–Crippen MR) is 127 cm³/mol. The van der Waals surface area contributed by atoms with Gasteiger partial charge in [-0.15, -0.1) is 0 Å². The Hall–Kier alpha value is -4.52. The molecular formula is C23H23F3N8O2. The van der Waals surface area contributed by atoms with Crippen molar-refractivity contribution in [1.29, 1.82) is 0 Å². The predicted octanol–water partition coefficient (Wildman–Crippen LogP) is 3.24. The molecule has 0 aliphatic carbocycles. The number of primary amides is 1. The molecule has 188 valence electrons. The summed E-state index contributed by atoms with van der Waals surface area (Å²) >= 11 is 0. The average molecular weight is 500 g/mol. The van der Waals surface area contributed by atoms with Gasteiger partial charge in [0.2, 0.25) is 17.7 Å². The maximum absolute atomic E-state index is 12.6. The Labute approximate surface area is 203 Å². The number of nitrogens with two attached hydrogens (primary N) is 2. The molecule has 1 amide bonds. The quantitative estimate of drug-likeness (QED) is 0.269. The maximum atomic E-state index is 12.6. The summed E-state index contributed by atoms with van der Waals surface area (Å²) in [4.78, 5) is 22.6. The van der Waals surface area contributed by atoms with Gasteiger partial charge in [-0.2, -0.15) is 23.3 Å². The van der Waals surface area contributed by atoms with Crippen molar-refractivity contribution in [2.45, 2.75) is 19.5 Å². The number of aliphatic hydroxyl groups excluding tert-OH is 1. The Morgan fingerprint density at radius 3 is 2.42 bits per heavy atom. The number of carbonyl (C=O) groups excluding carboxylic acids is 1. The molecule has 2 heterocycles. The first-order valence-corrected chi connectivity index (χ1v) is 10.5. The van der Waals surface area contributed by atoms with Crippen molar-refractivity contribution in [3.05, 3.63) is 77.2 Å². The highest BCUT2D eigenvalue weighted by atomic mass is 19.4. The largest absolute Gasteiger partial charge is 0.451 e. The van der Waals surface area contributed by atoms with E-state index < -0.39 is 17.9 Å². The molecule has 0 aliphatic rings. The Balaban J connectivity index is 0.000000338. The second-order valence-corrected chi connectivity index (χ2v) is 7.48. The van der Waals surface area contributed by atoms with Crippen LogP contribution in [-0.4, -0.2) is 42.8 Å². The van der Waals surface area contributed by atoms with E-state index in [1.165, 1.54) is 11.8 Å². The molecule has 4 rings (SSSR count). The van der Waals surface area contributed by atoms with Gasteiger partial charge in [-0.1, -0.05) is 30.3 Å². The summed E-state index contributed by atoms with van der Waals surface area (Å²) in [6.07, 6.45) is -2.68. The second-order valence-electron chi connectivity index (χ2n) is 7.48. The first-order valence-electron chi connectivity index (χ1n) is 10.5. The standard InChI is InChI=1S/C15H13F3N8O.C8H10O/c1-6-4-7(2-3-8(6)11(20)27)22-14-21-5-9(10(19)23-14)12-24-13(26-25-12)15(16,17)18;9-7-6-8-4-2-1-3-5-8/h2-5H,1H3,(H2,20,27)(H,24,25,26)(H3,19,21,22,23);1-5,9H,6-7H2. The summed E-state index contributed by atoms with van der Waals surface area (Å²) in [7, 11) is 0. The number of hydrogen-bond donors (Lipinski definition) is 5. The molecule has 13 heteroatoms. The summed E-state index contributed by atoms with van der Waals surface area (Å²) in [5.41, 5.74) is 13.9. The van der Waals surface area contributed by atoms with E-state index >= 15 is 0 Å². The van der Waals surface area contributed by atoms with E-state index in [1.54, 1.807) is 30.2 Å². The lowest BCUT2D eigenvalue weighted by molar-refractivity contribution is -0.144. The van der Waals surface area contributed by atoms with Crippen molar-refractivity contribution in [3.8, 4) is 11.4 Å². The van der Waals surface area contributed by atoms with Gasteiger partial charge in [0.25, 0.3) is 0 Å². The van der Waals surface area contributed by atoms with Gasteiger partial charge in [-0.05, 0) is 42.7 Å². The lowest BCUT2D eigenvalue weighted by Gasteiger charge is -2.09. The third kappa shape index (κ3) is 6.76. The molecule has 0 aliphatic heterocycles. The summed E-state index contributed by atoms with van der Waals surface area (Å²) in [5.74, 6) is -2.06. The zero-order chi connectivity index (χ0) is 26.3. The number of benzene rings is 2. The Morgan fingerprint density at radius 2 is 1.86 bits per heavy atom. The van der Waals surface area contributed by atoms with Crippen LogP contribution >= 0.6 is 0 Å². The third-order valence-electron chi connectivity index (χ3n) is 4.80. The van der Waals surface area contributed by atoms with Crippen LogP contribution in [0.25, 0.3) is 11.4 Å². The number of H-pyrrole nitrogens is 1. The zero-order valence-corrected chi connectivity index (χ0v) is 19.0. The molecule has 2 aromatic heterocycles. The molecule has 0 atom stereocenters. The average Bonchev–Trinajstić information content (AvgIpc) is 3.31. The summed E-state index contributed by atoms with van der Waals surface area (Å²) in [6.45, 7) is 1.95. The van der Waals surface area contributed by atoms with Crippen molar-refractivity contribution in [2.24, 2.45) is 5.73 Å². The number of hydrogen-bond acceptors (Lipinski definition) is 8. The molecule has 10 nitrogen and oxygen atoms in total. The van der Waals surface area contributed by atoms with E-state index in [-0.39, 0.29) is 29.8 Å². The van der Waals surface area contributed by atoms with Gasteiger partial charge in [-0.3, -0.25) is 9.89 Å². The molecule has 0 saturated heterocycles. The minimum atomic E-state index is -4.66. The number of alkyl halides is 3. The number of aryl methyl sites for hydroxylation is 1. The highest BCUT2D eigenvalue weighted by Crippen LogP contribution is 2.29. The van der Waals surface area contributed by atoms with Gasteiger partial charge >= 0.3 is 6.18 Å². The SMILES string of the molecule is Cc1cc(Nc2ncc(-c3n[nH]c(C(F)(F)F)n3)c(N)n2)ccc1C(N)=O.OCCc1ccccc1. The van der Waals surface area contributed by atoms with Gasteiger partial charge in [0.05, 0.1) is 5.56 Å². The Kier molecular flexibility index (Phi) is 8.17. The number of aliphatic hydroxyl groups is 1. The van der Waals surface area contributed by atoms with E-state index in [0.29, 0.717) is 16.8 Å². The Bertz CT molecular complexity index is 1330. The molecule has 0 spiro atoms. The molecule has 2 aromatic carbocycles. The number of anilines is 3. The van der Waals surface area contributed by atoms with Crippen LogP contribution in [0, 0.1) is 6.92 Å². The maximum Gasteiger partial charge on any atom is 0.451 e. The topological polar surface area (TPSA) is 169 Å². The van der Waals surface area contributed by atoms with Crippen LogP contribution in [0.4, 0.5) is 30.6 Å². The minimum absolute atomic E-state index is 0.0487.